The molecule has 4 aromatic rings. The second-order valence-corrected chi connectivity index (χ2v) is 8.79. The van der Waals surface area contributed by atoms with E-state index in [1.54, 1.807) is 19.3 Å². The average Bonchev–Trinajstić information content (AvgIpc) is 3.66. The highest BCUT2D eigenvalue weighted by Gasteiger charge is 2.21. The van der Waals surface area contributed by atoms with Crippen molar-refractivity contribution in [1.82, 2.24) is 25.0 Å². The maximum atomic E-state index is 14.6. The number of urea groups is 1. The number of hydrogen-bond donors (Lipinski definition) is 3. The Morgan fingerprint density at radius 1 is 1.05 bits per heavy atom. The number of aromatic nitrogens is 4. The van der Waals surface area contributed by atoms with Crippen molar-refractivity contribution < 1.29 is 14.0 Å². The Morgan fingerprint density at radius 2 is 1.87 bits per heavy atom. The number of anilines is 3. The predicted molar refractivity (Wildman–Crippen MR) is 145 cm³/mol. The van der Waals surface area contributed by atoms with Crippen LogP contribution in [-0.2, 0) is 4.84 Å². The molecule has 6 rings (SSSR count). The summed E-state index contributed by atoms with van der Waals surface area (Å²) in [5.41, 5.74) is 4.95. The van der Waals surface area contributed by atoms with Gasteiger partial charge in [0.25, 0.3) is 0 Å². The van der Waals surface area contributed by atoms with E-state index in [1.165, 1.54) is 30.3 Å². The van der Waals surface area contributed by atoms with Gasteiger partial charge in [-0.05, 0) is 49.9 Å². The Kier molecular flexibility index (Phi) is 7.70. The number of hydroxylamine groups is 2. The molecule has 0 saturated carbocycles. The van der Waals surface area contributed by atoms with E-state index in [1.807, 2.05) is 24.3 Å². The molecular formula is C28H28FN7O2. The molecule has 1 fully saturated rings. The summed E-state index contributed by atoms with van der Waals surface area (Å²) in [6.45, 7) is 2.74. The van der Waals surface area contributed by atoms with Gasteiger partial charge in [-0.1, -0.05) is 42.5 Å². The molecule has 2 amide bonds. The Hall–Kier alpha value is -4.57. The van der Waals surface area contributed by atoms with Gasteiger partial charge in [0.05, 0.1) is 25.2 Å². The molecule has 0 atom stereocenters. The first-order valence-corrected chi connectivity index (χ1v) is 12.4. The molecule has 194 valence electrons. The van der Waals surface area contributed by atoms with Crippen LogP contribution in [0.5, 0.6) is 0 Å². The lowest BCUT2D eigenvalue weighted by molar-refractivity contribution is -0.0614. The van der Waals surface area contributed by atoms with Crippen molar-refractivity contribution in [1.29, 1.82) is 0 Å². The van der Waals surface area contributed by atoms with Gasteiger partial charge in [-0.2, -0.15) is 0 Å². The Balaban J connectivity index is 0.000000433. The second-order valence-electron chi connectivity index (χ2n) is 8.79. The van der Waals surface area contributed by atoms with E-state index in [-0.39, 0.29) is 5.69 Å². The molecule has 3 N–H and O–H groups in total. The van der Waals surface area contributed by atoms with Crippen LogP contribution >= 0.6 is 0 Å². The fraction of sp³-hybridized carbons (Fsp3) is 0.214. The minimum atomic E-state index is -0.524. The molecule has 2 aromatic carbocycles. The lowest BCUT2D eigenvalue weighted by atomic mass is 10.1. The van der Waals surface area contributed by atoms with E-state index in [4.69, 9.17) is 4.84 Å². The number of carbonyl (C=O) groups excluding carboxylic acids is 1. The largest absolute Gasteiger partial charge is 0.355 e. The van der Waals surface area contributed by atoms with Gasteiger partial charge in [0.2, 0.25) is 0 Å². The molecule has 38 heavy (non-hydrogen) atoms. The normalized spacial score (nSPS) is 14.3. The number of nitrogens with one attached hydrogen (secondary N) is 3. The summed E-state index contributed by atoms with van der Waals surface area (Å²) in [6.07, 6.45) is 14.8. The molecule has 2 aliphatic rings. The first-order chi connectivity index (χ1) is 18.6. The molecule has 0 radical (unpaired) electrons. The highest BCUT2D eigenvalue weighted by atomic mass is 19.1. The number of allylic oxidation sites excluding steroid dienone is 4. The fourth-order valence-corrected chi connectivity index (χ4v) is 4.14. The molecule has 0 unspecified atom stereocenters. The van der Waals surface area contributed by atoms with Gasteiger partial charge < -0.3 is 15.6 Å². The number of para-hydroxylation sites is 1. The van der Waals surface area contributed by atoms with Crippen molar-refractivity contribution in [2.75, 3.05) is 23.8 Å². The average molecular weight is 514 g/mol. The third-order valence-corrected chi connectivity index (χ3v) is 6.09. The highest BCUT2D eigenvalue weighted by Crippen LogP contribution is 2.34. The summed E-state index contributed by atoms with van der Waals surface area (Å²) < 4.78 is 14.6. The number of benzene rings is 2. The number of nitrogens with zero attached hydrogens (tertiary/aromatic N) is 4. The molecule has 1 aliphatic heterocycles. The predicted octanol–water partition coefficient (Wildman–Crippen LogP) is 6.27. The van der Waals surface area contributed by atoms with Gasteiger partial charge in [-0.15, -0.1) is 0 Å². The quantitative estimate of drug-likeness (QED) is 0.297. The zero-order chi connectivity index (χ0) is 26.3. The first-order valence-electron chi connectivity index (χ1n) is 12.4. The molecule has 1 aliphatic carbocycles. The maximum absolute atomic E-state index is 14.6. The Morgan fingerprint density at radius 3 is 2.61 bits per heavy atom. The van der Waals surface area contributed by atoms with E-state index in [0.717, 1.165) is 23.2 Å². The smallest absolute Gasteiger partial charge is 0.345 e. The van der Waals surface area contributed by atoms with Crippen LogP contribution in [0.2, 0.25) is 0 Å². The number of hydrogen-bond acceptors (Lipinski definition) is 6. The zero-order valence-corrected chi connectivity index (χ0v) is 20.9. The summed E-state index contributed by atoms with van der Waals surface area (Å²) in [5, 5.41) is 7.14. The van der Waals surface area contributed by atoms with Gasteiger partial charge in [-0.3, -0.25) is 4.84 Å². The summed E-state index contributed by atoms with van der Waals surface area (Å²) in [5.74, 6) is -0.524. The Bertz CT molecular complexity index is 1480. The van der Waals surface area contributed by atoms with E-state index < -0.39 is 11.8 Å². The minimum absolute atomic E-state index is 0.0640. The zero-order valence-electron chi connectivity index (χ0n) is 20.9. The molecule has 3 heterocycles. The fourth-order valence-electron chi connectivity index (χ4n) is 4.14. The number of carbonyl (C=O) groups is 1. The lowest BCUT2D eigenvalue weighted by Gasteiger charge is -2.18. The first kappa shape index (κ1) is 25.1. The van der Waals surface area contributed by atoms with Gasteiger partial charge in [0.15, 0.2) is 5.65 Å². The summed E-state index contributed by atoms with van der Waals surface area (Å²) in [6, 6.07) is 10.1. The lowest BCUT2D eigenvalue weighted by Crippen LogP contribution is -2.31. The van der Waals surface area contributed by atoms with Crippen molar-refractivity contribution in [2.45, 2.75) is 26.2 Å². The number of rotatable bonds is 4. The summed E-state index contributed by atoms with van der Waals surface area (Å²) in [4.78, 5) is 33.4. The second kappa shape index (κ2) is 11.7. The van der Waals surface area contributed by atoms with Gasteiger partial charge in [0.1, 0.15) is 23.4 Å². The number of amides is 2. The standard InChI is InChI=1S/C22H20FN7O2.C6H8/c1-13-9-15(23)18(29-22(31)30-7-4-8-32-30)10-17(13)28-16-6-3-2-5-14(16)19-20-21(26-11-24-19)27-12-25-20;1-2-4-6-5-3-1/h2-3,5-6,9-12,28H,4,7-8H2,1H3,(H,29,31)(H,24,25,26,27);1-4H,5-6H2. The number of H-pyrrole nitrogens is 1. The number of halogens is 1. The SMILES string of the molecule is C1=CCCC=C1.Cc1cc(F)c(NC(=O)N2CCCO2)cc1Nc1ccccc1-c1ncnc2nc[nH]c12. The van der Waals surface area contributed by atoms with Crippen LogP contribution in [0.3, 0.4) is 0 Å². The van der Waals surface area contributed by atoms with E-state index in [9.17, 15) is 9.18 Å². The van der Waals surface area contributed by atoms with Gasteiger partial charge in [0, 0.05) is 16.9 Å². The van der Waals surface area contributed by atoms with Gasteiger partial charge in [-0.25, -0.2) is 29.2 Å². The van der Waals surface area contributed by atoms with Crippen LogP contribution in [0.15, 0.2) is 73.4 Å². The van der Waals surface area contributed by atoms with E-state index in [2.05, 4.69) is 54.9 Å². The molecule has 1 saturated heterocycles. The van der Waals surface area contributed by atoms with Crippen molar-refractivity contribution in [3.8, 4) is 11.3 Å². The van der Waals surface area contributed by atoms with Crippen molar-refractivity contribution in [2.24, 2.45) is 0 Å². The van der Waals surface area contributed by atoms with Crippen LogP contribution < -0.4 is 10.6 Å². The molecule has 0 bridgehead atoms. The summed E-state index contributed by atoms with van der Waals surface area (Å²) >= 11 is 0. The minimum Gasteiger partial charge on any atom is -0.355 e. The molecular weight excluding hydrogens is 485 g/mol. The topological polar surface area (TPSA) is 108 Å². The summed E-state index contributed by atoms with van der Waals surface area (Å²) in [7, 11) is 0. The van der Waals surface area contributed by atoms with E-state index >= 15 is 0 Å². The van der Waals surface area contributed by atoms with E-state index in [0.29, 0.717) is 35.7 Å². The monoisotopic (exact) mass is 513 g/mol. The van der Waals surface area contributed by atoms with Crippen LogP contribution in [0.1, 0.15) is 24.8 Å². The third kappa shape index (κ3) is 5.70. The number of aromatic amines is 1. The number of fused-ring (bicyclic) bond motifs is 1. The van der Waals surface area contributed by atoms with Crippen LogP contribution in [0, 0.1) is 12.7 Å². The van der Waals surface area contributed by atoms with Crippen molar-refractivity contribution in [3.63, 3.8) is 0 Å². The Labute approximate surface area is 219 Å². The maximum Gasteiger partial charge on any atom is 0.345 e. The van der Waals surface area contributed by atoms with Gasteiger partial charge >= 0.3 is 6.03 Å². The number of aryl methyl sites for hydroxylation is 1. The van der Waals surface area contributed by atoms with Crippen LogP contribution in [0.4, 0.5) is 26.2 Å². The van der Waals surface area contributed by atoms with Crippen molar-refractivity contribution in [3.05, 3.63) is 84.7 Å². The van der Waals surface area contributed by atoms with Crippen LogP contribution in [-0.4, -0.2) is 44.2 Å². The molecule has 0 spiro atoms. The number of imidazole rings is 1. The molecule has 9 nitrogen and oxygen atoms in total. The highest BCUT2D eigenvalue weighted by molar-refractivity contribution is 5.93. The molecule has 2 aromatic heterocycles. The van der Waals surface area contributed by atoms with Crippen molar-refractivity contribution >= 4 is 34.3 Å². The third-order valence-electron chi connectivity index (χ3n) is 6.09. The molecule has 10 heteroatoms. The van der Waals surface area contributed by atoms with Crippen LogP contribution in [0.25, 0.3) is 22.4 Å².